The lowest BCUT2D eigenvalue weighted by Crippen LogP contribution is -2.63. The summed E-state index contributed by atoms with van der Waals surface area (Å²) in [4.78, 5) is 39.7. The molecule has 2 unspecified atom stereocenters. The number of amides is 3. The average molecular weight is 502 g/mol. The highest BCUT2D eigenvalue weighted by atomic mass is 19.4. The summed E-state index contributed by atoms with van der Waals surface area (Å²) in [6.07, 6.45) is -2.28. The number of halogens is 3. The van der Waals surface area contributed by atoms with Gasteiger partial charge in [0.05, 0.1) is 6.07 Å². The Morgan fingerprint density at radius 3 is 2.34 bits per heavy atom. The molecule has 0 aromatic rings. The fourth-order valence-corrected chi connectivity index (χ4v) is 4.99. The van der Waals surface area contributed by atoms with Crippen LogP contribution >= 0.6 is 0 Å². The predicted molar refractivity (Wildman–Crippen MR) is 118 cm³/mol. The molecule has 4 N–H and O–H groups in total. The Kier molecular flexibility index (Phi) is 7.72. The van der Waals surface area contributed by atoms with Crippen molar-refractivity contribution in [3.63, 3.8) is 0 Å². The van der Waals surface area contributed by atoms with Crippen LogP contribution in [0.5, 0.6) is 0 Å². The van der Waals surface area contributed by atoms with Gasteiger partial charge in [-0.1, -0.05) is 20.8 Å². The van der Waals surface area contributed by atoms with E-state index in [2.05, 4.69) is 10.6 Å². The first-order valence-corrected chi connectivity index (χ1v) is 12.0. The average Bonchev–Trinajstić information content (AvgIpc) is 3.39. The molecule has 35 heavy (non-hydrogen) atoms. The Bertz CT molecular complexity index is 878. The molecule has 0 aromatic carbocycles. The van der Waals surface area contributed by atoms with Crippen LogP contribution in [0.15, 0.2) is 0 Å². The number of nitrogens with zero attached hydrogens (tertiary/aromatic N) is 2. The van der Waals surface area contributed by atoms with E-state index in [-0.39, 0.29) is 24.3 Å². The van der Waals surface area contributed by atoms with E-state index in [1.807, 2.05) is 11.4 Å². The molecule has 196 valence electrons. The molecule has 3 rings (SSSR count). The van der Waals surface area contributed by atoms with Crippen LogP contribution in [0.2, 0.25) is 0 Å². The number of rotatable bonds is 6. The minimum atomic E-state index is -5.15. The minimum Gasteiger partial charge on any atom is -0.378 e. The molecule has 3 fully saturated rings. The number of aliphatic hydroxyl groups is 1. The van der Waals surface area contributed by atoms with Crippen molar-refractivity contribution in [1.82, 2.24) is 20.9 Å². The van der Waals surface area contributed by atoms with Gasteiger partial charge < -0.3 is 20.6 Å². The number of hydrogen-bond acceptors (Lipinski definition) is 6. The maximum absolute atomic E-state index is 13.5. The van der Waals surface area contributed by atoms with E-state index in [4.69, 9.17) is 0 Å². The fourth-order valence-electron chi connectivity index (χ4n) is 4.99. The third-order valence-corrected chi connectivity index (χ3v) is 7.40. The number of likely N-dealkylation sites (tertiary alicyclic amines) is 1. The first kappa shape index (κ1) is 27.2. The summed E-state index contributed by atoms with van der Waals surface area (Å²) >= 11 is 0. The van der Waals surface area contributed by atoms with Gasteiger partial charge in [0.1, 0.15) is 24.4 Å². The van der Waals surface area contributed by atoms with Crippen LogP contribution in [0.25, 0.3) is 0 Å². The Labute approximate surface area is 202 Å². The minimum absolute atomic E-state index is 0.0844. The molecular weight excluding hydrogens is 467 g/mol. The van der Waals surface area contributed by atoms with E-state index in [9.17, 15) is 37.9 Å². The van der Waals surface area contributed by atoms with Crippen molar-refractivity contribution in [2.24, 2.45) is 16.7 Å². The topological polar surface area (TPSA) is 135 Å². The largest absolute Gasteiger partial charge is 0.471 e. The molecule has 1 saturated carbocycles. The normalized spacial score (nSPS) is 27.6. The lowest BCUT2D eigenvalue weighted by Gasteiger charge is -2.43. The van der Waals surface area contributed by atoms with Crippen LogP contribution in [0.1, 0.15) is 59.3 Å². The third-order valence-electron chi connectivity index (χ3n) is 7.40. The molecule has 2 heterocycles. The van der Waals surface area contributed by atoms with Gasteiger partial charge >= 0.3 is 12.1 Å². The van der Waals surface area contributed by atoms with Crippen molar-refractivity contribution in [2.45, 2.75) is 89.8 Å². The Balaban J connectivity index is 1.78. The summed E-state index contributed by atoms with van der Waals surface area (Å²) < 4.78 is 38.8. The SMILES string of the molecule is CC(C)(C)[C@H](NC(=O)C(F)(F)F)C(=O)N1CCC2(CC2)CC1C(=O)N[C@H](C#N)C[C@@H]1CCNC1O. The van der Waals surface area contributed by atoms with Gasteiger partial charge in [0.15, 0.2) is 0 Å². The monoisotopic (exact) mass is 501 g/mol. The van der Waals surface area contributed by atoms with Gasteiger partial charge in [-0.05, 0) is 55.9 Å². The van der Waals surface area contributed by atoms with Gasteiger partial charge in [-0.3, -0.25) is 19.7 Å². The number of hydrogen-bond donors (Lipinski definition) is 4. The number of carbonyl (C=O) groups is 3. The van der Waals surface area contributed by atoms with Crippen molar-refractivity contribution in [3.05, 3.63) is 0 Å². The Morgan fingerprint density at radius 2 is 1.86 bits per heavy atom. The maximum atomic E-state index is 13.5. The fraction of sp³-hybridized carbons (Fsp3) is 0.826. The second-order valence-corrected chi connectivity index (χ2v) is 11.1. The molecule has 12 heteroatoms. The molecule has 0 bridgehead atoms. The molecule has 3 aliphatic rings. The molecule has 2 aliphatic heterocycles. The predicted octanol–water partition coefficient (Wildman–Crippen LogP) is 1.18. The highest BCUT2D eigenvalue weighted by Crippen LogP contribution is 2.55. The first-order valence-electron chi connectivity index (χ1n) is 12.0. The zero-order valence-corrected chi connectivity index (χ0v) is 20.2. The van der Waals surface area contributed by atoms with E-state index in [1.165, 1.54) is 4.90 Å². The second-order valence-electron chi connectivity index (χ2n) is 11.1. The van der Waals surface area contributed by atoms with Crippen LogP contribution in [0, 0.1) is 28.1 Å². The number of carbonyl (C=O) groups excluding carboxylic acids is 3. The summed E-state index contributed by atoms with van der Waals surface area (Å²) in [6.45, 7) is 5.40. The van der Waals surface area contributed by atoms with Crippen molar-refractivity contribution in [2.75, 3.05) is 13.1 Å². The molecule has 1 aliphatic carbocycles. The van der Waals surface area contributed by atoms with Crippen LogP contribution in [-0.2, 0) is 14.4 Å². The van der Waals surface area contributed by atoms with Crippen molar-refractivity contribution in [1.29, 1.82) is 5.26 Å². The Morgan fingerprint density at radius 1 is 1.20 bits per heavy atom. The van der Waals surface area contributed by atoms with Gasteiger partial charge in [0.25, 0.3) is 0 Å². The zero-order valence-electron chi connectivity index (χ0n) is 20.2. The molecule has 2 saturated heterocycles. The van der Waals surface area contributed by atoms with Crippen molar-refractivity contribution < 1.29 is 32.7 Å². The highest BCUT2D eigenvalue weighted by molar-refractivity contribution is 5.94. The zero-order chi connectivity index (χ0) is 26.2. The molecule has 5 atom stereocenters. The van der Waals surface area contributed by atoms with Crippen molar-refractivity contribution >= 4 is 17.7 Å². The van der Waals surface area contributed by atoms with E-state index < -0.39 is 53.7 Å². The number of nitriles is 1. The quantitative estimate of drug-likeness (QED) is 0.432. The summed E-state index contributed by atoms with van der Waals surface area (Å²) in [5, 5.41) is 26.9. The molecule has 9 nitrogen and oxygen atoms in total. The van der Waals surface area contributed by atoms with Crippen LogP contribution < -0.4 is 16.0 Å². The smallest absolute Gasteiger partial charge is 0.378 e. The number of alkyl halides is 3. The Hall–Kier alpha value is -2.39. The van der Waals surface area contributed by atoms with Crippen molar-refractivity contribution in [3.8, 4) is 6.07 Å². The number of nitrogens with one attached hydrogen (secondary N) is 3. The third kappa shape index (κ3) is 6.44. The molecule has 1 spiro atoms. The molecular formula is C23H34F3N5O4. The van der Waals surface area contributed by atoms with Gasteiger partial charge in [0.2, 0.25) is 11.8 Å². The maximum Gasteiger partial charge on any atom is 0.471 e. The standard InChI is InChI=1S/C23H34F3N5O4/c1-21(2,3)16(30-20(35)23(24,25)26)19(34)31-9-7-22(5-6-22)11-15(31)18(33)29-14(12-27)10-13-4-8-28-17(13)32/h13-17,28,32H,4-11H2,1-3H3,(H,29,33)(H,30,35)/t13-,14-,15?,16+,17?/m0/s1. The second kappa shape index (κ2) is 9.93. The van der Waals surface area contributed by atoms with Gasteiger partial charge in [-0.2, -0.15) is 18.4 Å². The van der Waals surface area contributed by atoms with Gasteiger partial charge in [0, 0.05) is 12.5 Å². The van der Waals surface area contributed by atoms with Crippen LogP contribution in [-0.4, -0.2) is 71.3 Å². The highest BCUT2D eigenvalue weighted by Gasteiger charge is 2.53. The van der Waals surface area contributed by atoms with E-state index in [1.54, 1.807) is 20.8 Å². The van der Waals surface area contributed by atoms with Crippen LogP contribution in [0.3, 0.4) is 0 Å². The number of piperidine rings is 1. The summed E-state index contributed by atoms with van der Waals surface area (Å²) in [5.41, 5.74) is -1.13. The van der Waals surface area contributed by atoms with Gasteiger partial charge in [-0.15, -0.1) is 0 Å². The molecule has 0 aromatic heterocycles. The lowest BCUT2D eigenvalue weighted by molar-refractivity contribution is -0.176. The lowest BCUT2D eigenvalue weighted by atomic mass is 9.82. The summed E-state index contributed by atoms with van der Waals surface area (Å²) in [5.74, 6) is -3.72. The van der Waals surface area contributed by atoms with E-state index in [0.29, 0.717) is 25.8 Å². The van der Waals surface area contributed by atoms with Gasteiger partial charge in [-0.25, -0.2) is 0 Å². The summed E-state index contributed by atoms with van der Waals surface area (Å²) in [6, 6.07) is -1.31. The van der Waals surface area contributed by atoms with Crippen LogP contribution in [0.4, 0.5) is 13.2 Å². The van der Waals surface area contributed by atoms with E-state index in [0.717, 1.165) is 12.8 Å². The molecule has 0 radical (unpaired) electrons. The van der Waals surface area contributed by atoms with E-state index >= 15 is 0 Å². The summed E-state index contributed by atoms with van der Waals surface area (Å²) in [7, 11) is 0. The first-order chi connectivity index (χ1) is 16.2. The number of aliphatic hydroxyl groups excluding tert-OH is 1. The molecule has 3 amide bonds.